The molecule has 1 N–H and O–H groups in total. The third-order valence-corrected chi connectivity index (χ3v) is 7.40. The maximum absolute atomic E-state index is 13.8. The Hall–Kier alpha value is -2.81. The van der Waals surface area contributed by atoms with Crippen LogP contribution in [0.25, 0.3) is 0 Å². The molecular weight excluding hydrogens is 414 g/mol. The number of nitrogens with zero attached hydrogens (tertiary/aromatic N) is 4. The van der Waals surface area contributed by atoms with E-state index in [2.05, 4.69) is 15.5 Å². The highest BCUT2D eigenvalue weighted by atomic mass is 32.1. The fourth-order valence-corrected chi connectivity index (χ4v) is 5.61. The van der Waals surface area contributed by atoms with Crippen LogP contribution in [0.4, 0.5) is 10.8 Å². The fourth-order valence-electron chi connectivity index (χ4n) is 4.70. The Morgan fingerprint density at radius 1 is 1.26 bits per heavy atom. The lowest BCUT2D eigenvalue weighted by Gasteiger charge is -2.49. The Kier molecular flexibility index (Phi) is 4.80. The Morgan fingerprint density at radius 3 is 2.74 bits per heavy atom. The van der Waals surface area contributed by atoms with Gasteiger partial charge >= 0.3 is 0 Å². The number of anilines is 2. The zero-order valence-electron chi connectivity index (χ0n) is 17.6. The normalized spacial score (nSPS) is 23.1. The molecule has 1 atom stereocenters. The second-order valence-corrected chi connectivity index (χ2v) is 9.91. The van der Waals surface area contributed by atoms with Crippen molar-refractivity contribution in [2.75, 3.05) is 16.8 Å². The van der Waals surface area contributed by atoms with Gasteiger partial charge in [0.2, 0.25) is 16.7 Å². The quantitative estimate of drug-likeness (QED) is 0.771. The van der Waals surface area contributed by atoms with Gasteiger partial charge in [0, 0.05) is 25.3 Å². The average Bonchev–Trinajstić information content (AvgIpc) is 3.29. The van der Waals surface area contributed by atoms with Gasteiger partial charge in [0.15, 0.2) is 0 Å². The number of hydrogen-bond donors (Lipinski definition) is 1. The van der Waals surface area contributed by atoms with Crippen LogP contribution >= 0.6 is 11.3 Å². The Balaban J connectivity index is 1.55. The zero-order chi connectivity index (χ0) is 21.8. The highest BCUT2D eigenvalue weighted by molar-refractivity contribution is 7.15. The first-order valence-electron chi connectivity index (χ1n) is 10.8. The van der Waals surface area contributed by atoms with Crippen LogP contribution in [0.2, 0.25) is 0 Å². The molecule has 1 aromatic carbocycles. The van der Waals surface area contributed by atoms with Crippen molar-refractivity contribution in [1.82, 2.24) is 15.1 Å². The average molecular weight is 440 g/mol. The summed E-state index contributed by atoms with van der Waals surface area (Å²) < 4.78 is 0. The number of carbonyl (C=O) groups excluding carboxylic acids is 3. The Bertz CT molecular complexity index is 1060. The van der Waals surface area contributed by atoms with E-state index >= 15 is 0 Å². The van der Waals surface area contributed by atoms with Crippen molar-refractivity contribution >= 4 is 39.9 Å². The lowest BCUT2D eigenvalue weighted by molar-refractivity contribution is -0.129. The molecule has 0 spiro atoms. The number of amides is 3. The van der Waals surface area contributed by atoms with Crippen LogP contribution in [0, 0.1) is 5.92 Å². The highest BCUT2D eigenvalue weighted by Crippen LogP contribution is 2.45. The SMILES string of the molecule is CC(C)CN1C(=O)c2ccccc2N2C(=O)CC[C@@]12C(=O)Nc1nnc(C2CCC2)s1. The van der Waals surface area contributed by atoms with Gasteiger partial charge in [-0.15, -0.1) is 10.2 Å². The molecule has 0 bridgehead atoms. The van der Waals surface area contributed by atoms with E-state index in [1.165, 1.54) is 22.7 Å². The smallest absolute Gasteiger partial charge is 0.273 e. The monoisotopic (exact) mass is 439 g/mol. The number of fused-ring (bicyclic) bond motifs is 3. The van der Waals surface area contributed by atoms with Crippen LogP contribution < -0.4 is 10.2 Å². The minimum atomic E-state index is -1.39. The van der Waals surface area contributed by atoms with Gasteiger partial charge < -0.3 is 4.90 Å². The molecule has 3 heterocycles. The zero-order valence-corrected chi connectivity index (χ0v) is 18.4. The van der Waals surface area contributed by atoms with Crippen LogP contribution in [-0.4, -0.2) is 45.0 Å². The van der Waals surface area contributed by atoms with E-state index < -0.39 is 11.6 Å². The van der Waals surface area contributed by atoms with Crippen LogP contribution in [-0.2, 0) is 9.59 Å². The van der Waals surface area contributed by atoms with E-state index in [0.717, 1.165) is 17.8 Å². The highest BCUT2D eigenvalue weighted by Gasteiger charge is 2.61. The van der Waals surface area contributed by atoms with Crippen LogP contribution in [0.3, 0.4) is 0 Å². The largest absolute Gasteiger partial charge is 0.307 e. The number of rotatable bonds is 5. The van der Waals surface area contributed by atoms with E-state index in [9.17, 15) is 14.4 Å². The van der Waals surface area contributed by atoms with Gasteiger partial charge in [-0.1, -0.05) is 43.7 Å². The van der Waals surface area contributed by atoms with E-state index in [4.69, 9.17) is 0 Å². The molecule has 31 heavy (non-hydrogen) atoms. The first kappa shape index (κ1) is 20.1. The van der Waals surface area contributed by atoms with E-state index in [1.54, 1.807) is 29.2 Å². The number of benzene rings is 1. The van der Waals surface area contributed by atoms with Crippen LogP contribution in [0.5, 0.6) is 0 Å². The van der Waals surface area contributed by atoms with Gasteiger partial charge in [0.25, 0.3) is 11.8 Å². The summed E-state index contributed by atoms with van der Waals surface area (Å²) in [4.78, 5) is 43.3. The number of para-hydroxylation sites is 1. The van der Waals surface area contributed by atoms with Crippen molar-refractivity contribution in [2.45, 2.75) is 57.5 Å². The van der Waals surface area contributed by atoms with Crippen molar-refractivity contribution in [3.8, 4) is 0 Å². The summed E-state index contributed by atoms with van der Waals surface area (Å²) >= 11 is 1.38. The van der Waals surface area contributed by atoms with Crippen LogP contribution in [0.15, 0.2) is 24.3 Å². The molecule has 3 amide bonds. The molecule has 0 unspecified atom stereocenters. The standard InChI is InChI=1S/C22H25N5O3S/c1-13(2)12-26-19(29)15-8-3-4-9-16(15)27-17(28)10-11-22(26,27)20(30)23-21-25-24-18(31-21)14-6-5-7-14/h3-4,8-9,13-14H,5-7,10-12H2,1-2H3,(H,23,25,30)/t22-/m1/s1. The summed E-state index contributed by atoms with van der Waals surface area (Å²) in [5.74, 6) is -0.234. The lowest BCUT2D eigenvalue weighted by Crippen LogP contribution is -2.69. The van der Waals surface area contributed by atoms with Crippen molar-refractivity contribution in [3.05, 3.63) is 34.8 Å². The molecule has 3 aliphatic rings. The summed E-state index contributed by atoms with van der Waals surface area (Å²) in [6.45, 7) is 4.36. The number of aromatic nitrogens is 2. The summed E-state index contributed by atoms with van der Waals surface area (Å²) in [6, 6.07) is 7.02. The third-order valence-electron chi connectivity index (χ3n) is 6.40. The number of nitrogens with one attached hydrogen (secondary N) is 1. The topological polar surface area (TPSA) is 95.5 Å². The van der Waals surface area contributed by atoms with E-state index in [-0.39, 0.29) is 30.6 Å². The fraction of sp³-hybridized carbons (Fsp3) is 0.500. The van der Waals surface area contributed by atoms with E-state index in [0.29, 0.717) is 28.8 Å². The molecule has 1 aliphatic carbocycles. The van der Waals surface area contributed by atoms with Crippen molar-refractivity contribution in [3.63, 3.8) is 0 Å². The molecule has 8 nitrogen and oxygen atoms in total. The van der Waals surface area contributed by atoms with Gasteiger partial charge in [-0.3, -0.25) is 24.6 Å². The first-order chi connectivity index (χ1) is 14.9. The second-order valence-electron chi connectivity index (χ2n) is 8.90. The molecule has 162 valence electrons. The molecule has 2 aromatic rings. The predicted octanol–water partition coefficient (Wildman–Crippen LogP) is 3.38. The molecule has 2 aliphatic heterocycles. The minimum absolute atomic E-state index is 0.128. The van der Waals surface area contributed by atoms with Gasteiger partial charge in [-0.25, -0.2) is 0 Å². The predicted molar refractivity (Wildman–Crippen MR) is 117 cm³/mol. The molecule has 1 aromatic heterocycles. The molecule has 1 saturated carbocycles. The van der Waals surface area contributed by atoms with Crippen molar-refractivity contribution in [2.24, 2.45) is 5.92 Å². The summed E-state index contributed by atoms with van der Waals surface area (Å²) in [5, 5.41) is 12.6. The first-order valence-corrected chi connectivity index (χ1v) is 11.6. The number of carbonyl (C=O) groups is 3. The second kappa shape index (κ2) is 7.40. The Morgan fingerprint density at radius 2 is 2.03 bits per heavy atom. The van der Waals surface area contributed by atoms with E-state index in [1.807, 2.05) is 13.8 Å². The van der Waals surface area contributed by atoms with Crippen LogP contribution in [0.1, 0.15) is 67.2 Å². The summed E-state index contributed by atoms with van der Waals surface area (Å²) in [5.41, 5.74) is -0.447. The molecule has 5 rings (SSSR count). The lowest BCUT2D eigenvalue weighted by atomic mass is 9.86. The number of hydrogen-bond acceptors (Lipinski definition) is 6. The molecule has 9 heteroatoms. The van der Waals surface area contributed by atoms with Crippen molar-refractivity contribution < 1.29 is 14.4 Å². The molecular formula is C22H25N5O3S. The van der Waals surface area contributed by atoms with Gasteiger partial charge in [-0.05, 0) is 30.9 Å². The maximum Gasteiger partial charge on any atom is 0.273 e. The van der Waals surface area contributed by atoms with Gasteiger partial charge in [-0.2, -0.15) is 0 Å². The summed E-state index contributed by atoms with van der Waals surface area (Å²) in [7, 11) is 0. The molecule has 2 fully saturated rings. The maximum atomic E-state index is 13.8. The van der Waals surface area contributed by atoms with Gasteiger partial charge in [0.1, 0.15) is 5.01 Å². The molecule has 1 saturated heterocycles. The van der Waals surface area contributed by atoms with Gasteiger partial charge in [0.05, 0.1) is 11.3 Å². The summed E-state index contributed by atoms with van der Waals surface area (Å²) in [6.07, 6.45) is 3.84. The third kappa shape index (κ3) is 3.05. The molecule has 0 radical (unpaired) electrons. The van der Waals surface area contributed by atoms with Crippen molar-refractivity contribution in [1.29, 1.82) is 0 Å². The Labute approximate surface area is 184 Å². The minimum Gasteiger partial charge on any atom is -0.307 e.